The molecule has 1 aliphatic heterocycles. The smallest absolute Gasteiger partial charge is 0.481 e. The van der Waals surface area contributed by atoms with E-state index in [4.69, 9.17) is 4.42 Å². The summed E-state index contributed by atoms with van der Waals surface area (Å²) in [5.41, 5.74) is 1.27. The minimum absolute atomic E-state index is 0.0214. The molecule has 0 aliphatic carbocycles. The van der Waals surface area contributed by atoms with Crippen molar-refractivity contribution in [3.05, 3.63) is 42.2 Å². The van der Waals surface area contributed by atoms with E-state index in [-0.39, 0.29) is 5.69 Å². The Morgan fingerprint density at radius 2 is 2.00 bits per heavy atom. The number of anilines is 1. The van der Waals surface area contributed by atoms with Crippen LogP contribution in [0.2, 0.25) is 0 Å². The lowest BCUT2D eigenvalue weighted by molar-refractivity contribution is -0.330. The summed E-state index contributed by atoms with van der Waals surface area (Å²) >= 11 is 0. The summed E-state index contributed by atoms with van der Waals surface area (Å²) in [4.78, 5) is 21.7. The molecule has 1 saturated heterocycles. The van der Waals surface area contributed by atoms with Crippen LogP contribution in [0, 0.1) is 11.9 Å². The van der Waals surface area contributed by atoms with Gasteiger partial charge in [-0.3, -0.25) is 14.5 Å². The third kappa shape index (κ3) is 4.76. The molecular weight excluding hydrogens is 422 g/mol. The Balaban J connectivity index is 1.70. The molecule has 1 fully saturated rings. The molecule has 2 aromatic heterocycles. The summed E-state index contributed by atoms with van der Waals surface area (Å²) in [6.45, 7) is -0.100. The summed E-state index contributed by atoms with van der Waals surface area (Å²) in [7, 11) is 0. The Hall–Kier alpha value is -3.21. The maximum Gasteiger partial charge on any atom is 0.522 e. The van der Waals surface area contributed by atoms with Crippen LogP contribution in [0.5, 0.6) is 0 Å². The van der Waals surface area contributed by atoms with Crippen LogP contribution in [-0.4, -0.2) is 40.5 Å². The first-order valence-electron chi connectivity index (χ1n) is 9.43. The second kappa shape index (κ2) is 8.14. The fourth-order valence-corrected chi connectivity index (χ4v) is 3.56. The predicted octanol–water partition coefficient (Wildman–Crippen LogP) is 4.37. The number of benzene rings is 1. The van der Waals surface area contributed by atoms with Gasteiger partial charge in [-0.25, -0.2) is 4.98 Å². The number of piperidine rings is 1. The summed E-state index contributed by atoms with van der Waals surface area (Å²) in [5.74, 6) is -1.06. The first-order valence-corrected chi connectivity index (χ1v) is 9.43. The van der Waals surface area contributed by atoms with Gasteiger partial charge in [0.05, 0.1) is 24.4 Å². The van der Waals surface area contributed by atoms with Gasteiger partial charge in [0.15, 0.2) is 5.82 Å². The normalized spacial score (nSPS) is 15.5. The minimum atomic E-state index is -4.81. The lowest BCUT2D eigenvalue weighted by atomic mass is 9.97. The number of furan rings is 1. The number of hydrogen-bond acceptors (Lipinski definition) is 6. The van der Waals surface area contributed by atoms with E-state index < -0.39 is 30.9 Å². The SMILES string of the molecule is O=C(O)C1CCN(c2nc(COC(F)(F)F)cnc2-c2ccc3oc(F)cc3c2)CC1. The van der Waals surface area contributed by atoms with Crippen molar-refractivity contribution in [3.8, 4) is 11.3 Å². The summed E-state index contributed by atoms with van der Waals surface area (Å²) in [6, 6.07) is 5.33. The zero-order valence-corrected chi connectivity index (χ0v) is 16.0. The van der Waals surface area contributed by atoms with Crippen molar-refractivity contribution in [2.45, 2.75) is 25.8 Å². The van der Waals surface area contributed by atoms with E-state index in [1.165, 1.54) is 12.3 Å². The van der Waals surface area contributed by atoms with Crippen molar-refractivity contribution >= 4 is 22.8 Å². The molecule has 0 radical (unpaired) electrons. The number of carboxylic acid groups (broad SMARTS) is 1. The Labute approximate surface area is 173 Å². The average Bonchev–Trinajstić information content (AvgIpc) is 3.11. The van der Waals surface area contributed by atoms with Crippen molar-refractivity contribution in [2.24, 2.45) is 5.92 Å². The number of hydrogen-bond donors (Lipinski definition) is 1. The molecular formula is C20H17F4N3O4. The number of nitrogens with zero attached hydrogens (tertiary/aromatic N) is 3. The van der Waals surface area contributed by atoms with Crippen LogP contribution in [-0.2, 0) is 16.1 Å². The molecule has 0 saturated carbocycles. The number of carbonyl (C=O) groups is 1. The van der Waals surface area contributed by atoms with Crippen molar-refractivity contribution in [3.63, 3.8) is 0 Å². The molecule has 3 aromatic rings. The molecule has 0 unspecified atom stereocenters. The van der Waals surface area contributed by atoms with E-state index in [2.05, 4.69) is 14.7 Å². The second-order valence-electron chi connectivity index (χ2n) is 7.17. The monoisotopic (exact) mass is 439 g/mol. The van der Waals surface area contributed by atoms with Crippen LogP contribution < -0.4 is 4.90 Å². The highest BCUT2D eigenvalue weighted by Gasteiger charge is 2.30. The third-order valence-electron chi connectivity index (χ3n) is 5.09. The fraction of sp³-hybridized carbons (Fsp3) is 0.350. The second-order valence-corrected chi connectivity index (χ2v) is 7.17. The molecule has 164 valence electrons. The van der Waals surface area contributed by atoms with Crippen LogP contribution >= 0.6 is 0 Å². The Morgan fingerprint density at radius 3 is 2.68 bits per heavy atom. The van der Waals surface area contributed by atoms with E-state index in [9.17, 15) is 27.5 Å². The van der Waals surface area contributed by atoms with Gasteiger partial charge in [-0.2, -0.15) is 4.39 Å². The van der Waals surface area contributed by atoms with Crippen molar-refractivity contribution in [1.29, 1.82) is 0 Å². The van der Waals surface area contributed by atoms with E-state index in [1.807, 2.05) is 0 Å². The Morgan fingerprint density at radius 1 is 1.26 bits per heavy atom. The van der Waals surface area contributed by atoms with Gasteiger partial charge < -0.3 is 14.4 Å². The molecule has 1 aromatic carbocycles. The topological polar surface area (TPSA) is 88.7 Å². The highest BCUT2D eigenvalue weighted by atomic mass is 19.4. The number of aliphatic carboxylic acids is 1. The molecule has 4 rings (SSSR count). The number of rotatable bonds is 5. The van der Waals surface area contributed by atoms with Gasteiger partial charge in [-0.05, 0) is 31.0 Å². The van der Waals surface area contributed by atoms with Crippen LogP contribution in [0.4, 0.5) is 23.4 Å². The third-order valence-corrected chi connectivity index (χ3v) is 5.09. The van der Waals surface area contributed by atoms with E-state index in [0.29, 0.717) is 54.0 Å². The van der Waals surface area contributed by atoms with Crippen LogP contribution in [0.15, 0.2) is 34.9 Å². The van der Waals surface area contributed by atoms with Crippen LogP contribution in [0.1, 0.15) is 18.5 Å². The molecule has 31 heavy (non-hydrogen) atoms. The zero-order valence-electron chi connectivity index (χ0n) is 16.0. The number of alkyl halides is 3. The molecule has 7 nitrogen and oxygen atoms in total. The molecule has 0 amide bonds. The molecule has 0 atom stereocenters. The highest BCUT2D eigenvalue weighted by molar-refractivity contribution is 5.85. The lowest BCUT2D eigenvalue weighted by Gasteiger charge is -2.32. The zero-order chi connectivity index (χ0) is 22.2. The molecule has 1 aliphatic rings. The quantitative estimate of drug-likeness (QED) is 0.591. The lowest BCUT2D eigenvalue weighted by Crippen LogP contribution is -2.37. The van der Waals surface area contributed by atoms with E-state index >= 15 is 0 Å². The highest BCUT2D eigenvalue weighted by Crippen LogP contribution is 2.33. The van der Waals surface area contributed by atoms with Gasteiger partial charge >= 0.3 is 12.3 Å². The molecule has 11 heteroatoms. The molecule has 0 bridgehead atoms. The molecule has 1 N–H and O–H groups in total. The molecule has 3 heterocycles. The van der Waals surface area contributed by atoms with Crippen LogP contribution in [0.3, 0.4) is 0 Å². The number of carboxylic acids is 1. The van der Waals surface area contributed by atoms with E-state index in [1.54, 1.807) is 23.1 Å². The standard InChI is InChI=1S/C20H17F4N3O4/c21-16-8-13-7-12(1-2-15(13)31-16)17-18(27-5-3-11(4-6-27)19(28)29)26-14(9-25-17)10-30-20(22,23)24/h1-2,7-9,11H,3-6,10H2,(H,28,29). The van der Waals surface area contributed by atoms with Crippen molar-refractivity contribution in [1.82, 2.24) is 9.97 Å². The summed E-state index contributed by atoms with van der Waals surface area (Å²) in [5, 5.41) is 9.71. The van der Waals surface area contributed by atoms with Crippen molar-refractivity contribution in [2.75, 3.05) is 18.0 Å². The number of ether oxygens (including phenoxy) is 1. The van der Waals surface area contributed by atoms with Crippen LogP contribution in [0.25, 0.3) is 22.2 Å². The van der Waals surface area contributed by atoms with E-state index in [0.717, 1.165) is 0 Å². The van der Waals surface area contributed by atoms with Gasteiger partial charge in [0.25, 0.3) is 6.01 Å². The minimum Gasteiger partial charge on any atom is -0.481 e. The summed E-state index contributed by atoms with van der Waals surface area (Å²) < 4.78 is 59.5. The Kier molecular flexibility index (Phi) is 5.52. The number of halogens is 4. The first-order chi connectivity index (χ1) is 14.7. The van der Waals surface area contributed by atoms with Gasteiger partial charge in [0.2, 0.25) is 0 Å². The van der Waals surface area contributed by atoms with Gasteiger partial charge in [-0.1, -0.05) is 0 Å². The molecule has 0 spiro atoms. The predicted molar refractivity (Wildman–Crippen MR) is 101 cm³/mol. The van der Waals surface area contributed by atoms with Gasteiger partial charge in [0.1, 0.15) is 11.3 Å². The van der Waals surface area contributed by atoms with Crippen molar-refractivity contribution < 1.29 is 36.6 Å². The maximum atomic E-state index is 13.4. The largest absolute Gasteiger partial charge is 0.522 e. The summed E-state index contributed by atoms with van der Waals surface area (Å²) in [6.07, 6.45) is -2.89. The van der Waals surface area contributed by atoms with Gasteiger partial charge in [-0.15, -0.1) is 13.2 Å². The first kappa shape index (κ1) is 21.0. The maximum absolute atomic E-state index is 13.4. The number of aromatic nitrogens is 2. The fourth-order valence-electron chi connectivity index (χ4n) is 3.56. The Bertz CT molecular complexity index is 1110. The number of fused-ring (bicyclic) bond motifs is 1. The van der Waals surface area contributed by atoms with Gasteiger partial charge in [0, 0.05) is 30.1 Å². The average molecular weight is 439 g/mol.